The van der Waals surface area contributed by atoms with Crippen molar-refractivity contribution in [2.75, 3.05) is 65.7 Å². The maximum Gasteiger partial charge on any atom is 0.273 e. The highest BCUT2D eigenvalue weighted by Gasteiger charge is 2.36. The third-order valence-electron chi connectivity index (χ3n) is 5.28. The second-order valence-electron chi connectivity index (χ2n) is 7.07. The molecule has 0 radical (unpaired) electrons. The van der Waals surface area contributed by atoms with Gasteiger partial charge in [0.05, 0.1) is 0 Å². The Kier molecular flexibility index (Phi) is 6.73. The lowest BCUT2D eigenvalue weighted by Crippen LogP contribution is -2.36. The zero-order valence-corrected chi connectivity index (χ0v) is 16.7. The van der Waals surface area contributed by atoms with Crippen LogP contribution in [0.15, 0.2) is 9.72 Å². The van der Waals surface area contributed by atoms with Crippen LogP contribution in [0.1, 0.15) is 16.9 Å². The summed E-state index contributed by atoms with van der Waals surface area (Å²) in [5, 5.41) is 11.6. The maximum atomic E-state index is 12.7. The number of likely N-dealkylation sites (N-methyl/N-ethyl adjacent to an activating group) is 1. The Balaban J connectivity index is 1.60. The quantitative estimate of drug-likeness (QED) is 0.770. The summed E-state index contributed by atoms with van der Waals surface area (Å²) >= 11 is 3.08. The predicted octanol–water partition coefficient (Wildman–Crippen LogP) is 1.18. The number of aliphatic hydroxyl groups is 1. The van der Waals surface area contributed by atoms with E-state index in [9.17, 15) is 9.90 Å². The van der Waals surface area contributed by atoms with Gasteiger partial charge in [-0.25, -0.2) is 4.98 Å². The minimum absolute atomic E-state index is 0.00750. The fraction of sp³-hybridized carbons (Fsp3) is 0.765. The Bertz CT molecular complexity index is 583. The van der Waals surface area contributed by atoms with Crippen molar-refractivity contribution in [1.29, 1.82) is 0 Å². The van der Waals surface area contributed by atoms with Crippen LogP contribution in [0.3, 0.4) is 0 Å². The summed E-state index contributed by atoms with van der Waals surface area (Å²) in [7, 11) is 2.17. The van der Waals surface area contributed by atoms with Gasteiger partial charge in [0.15, 0.2) is 0 Å². The van der Waals surface area contributed by atoms with Crippen LogP contribution < -0.4 is 0 Å². The first-order valence-corrected chi connectivity index (χ1v) is 11.0. The van der Waals surface area contributed by atoms with Gasteiger partial charge in [-0.05, 0) is 38.7 Å². The van der Waals surface area contributed by atoms with Gasteiger partial charge < -0.3 is 19.8 Å². The second kappa shape index (κ2) is 8.81. The number of amides is 1. The van der Waals surface area contributed by atoms with Crippen LogP contribution in [0.4, 0.5) is 0 Å². The number of thiazole rings is 1. The van der Waals surface area contributed by atoms with Crippen molar-refractivity contribution in [3.63, 3.8) is 0 Å². The summed E-state index contributed by atoms with van der Waals surface area (Å²) in [6.45, 7) is 6.90. The van der Waals surface area contributed by atoms with Crippen molar-refractivity contribution in [3.8, 4) is 0 Å². The topological polar surface area (TPSA) is 59.9 Å². The molecule has 1 aromatic rings. The zero-order valence-electron chi connectivity index (χ0n) is 15.1. The standard InChI is InChI=1S/C17H28N4O2S2/c1-19-4-3-5-20(7-6-19)8-13-9-21(10-14(13)11-22)16(23)15-12-25-17(18-15)24-2/h12-14,22H,3-11H2,1-2H3. The third-order valence-corrected chi connectivity index (χ3v) is 7.14. The molecule has 1 N–H and O–H groups in total. The molecule has 0 aromatic carbocycles. The molecule has 3 rings (SSSR count). The number of nitrogens with zero attached hydrogens (tertiary/aromatic N) is 4. The smallest absolute Gasteiger partial charge is 0.273 e. The number of aromatic nitrogens is 1. The van der Waals surface area contributed by atoms with E-state index in [1.807, 2.05) is 16.5 Å². The summed E-state index contributed by atoms with van der Waals surface area (Å²) in [5.41, 5.74) is 0.545. The summed E-state index contributed by atoms with van der Waals surface area (Å²) < 4.78 is 0.923. The highest BCUT2D eigenvalue weighted by atomic mass is 32.2. The first-order valence-electron chi connectivity index (χ1n) is 8.91. The van der Waals surface area contributed by atoms with E-state index in [1.165, 1.54) is 17.8 Å². The van der Waals surface area contributed by atoms with E-state index < -0.39 is 0 Å². The molecular weight excluding hydrogens is 356 g/mol. The molecule has 0 spiro atoms. The number of likely N-dealkylation sites (tertiary alicyclic amines) is 1. The van der Waals surface area contributed by atoms with E-state index in [2.05, 4.69) is 21.8 Å². The van der Waals surface area contributed by atoms with Gasteiger partial charge in [-0.1, -0.05) is 11.8 Å². The maximum absolute atomic E-state index is 12.7. The van der Waals surface area contributed by atoms with Gasteiger partial charge in [0.1, 0.15) is 10.0 Å². The summed E-state index contributed by atoms with van der Waals surface area (Å²) in [6.07, 6.45) is 3.16. The van der Waals surface area contributed by atoms with Crippen LogP contribution in [0, 0.1) is 11.8 Å². The first-order chi connectivity index (χ1) is 12.1. The number of hydrogen-bond donors (Lipinski definition) is 1. The molecule has 1 aromatic heterocycles. The lowest BCUT2D eigenvalue weighted by Gasteiger charge is -2.26. The van der Waals surface area contributed by atoms with Crippen molar-refractivity contribution in [1.82, 2.24) is 19.7 Å². The molecule has 8 heteroatoms. The lowest BCUT2D eigenvalue weighted by atomic mass is 9.96. The van der Waals surface area contributed by atoms with Crippen molar-refractivity contribution in [2.45, 2.75) is 10.8 Å². The average molecular weight is 385 g/mol. The molecule has 0 bridgehead atoms. The van der Waals surface area contributed by atoms with E-state index in [1.54, 1.807) is 11.8 Å². The van der Waals surface area contributed by atoms with Crippen LogP contribution >= 0.6 is 23.1 Å². The number of aliphatic hydroxyl groups excluding tert-OH is 1. The van der Waals surface area contributed by atoms with Crippen molar-refractivity contribution >= 4 is 29.0 Å². The van der Waals surface area contributed by atoms with Gasteiger partial charge in [-0.2, -0.15) is 0 Å². The van der Waals surface area contributed by atoms with Crippen LogP contribution in [-0.4, -0.2) is 96.4 Å². The minimum Gasteiger partial charge on any atom is -0.396 e. The average Bonchev–Trinajstić information content (AvgIpc) is 3.20. The van der Waals surface area contributed by atoms with E-state index in [0.717, 1.165) is 43.6 Å². The molecule has 2 atom stereocenters. The van der Waals surface area contributed by atoms with Crippen molar-refractivity contribution in [3.05, 3.63) is 11.1 Å². The second-order valence-corrected chi connectivity index (χ2v) is 8.98. The van der Waals surface area contributed by atoms with E-state index in [4.69, 9.17) is 0 Å². The zero-order chi connectivity index (χ0) is 17.8. The van der Waals surface area contributed by atoms with Crippen molar-refractivity contribution in [2.24, 2.45) is 11.8 Å². The molecule has 1 amide bonds. The molecular formula is C17H28N4O2S2. The molecule has 140 valence electrons. The molecule has 2 saturated heterocycles. The third kappa shape index (κ3) is 4.74. The Labute approximate surface area is 158 Å². The van der Waals surface area contributed by atoms with Crippen LogP contribution in [0.5, 0.6) is 0 Å². The molecule has 3 heterocycles. The molecule has 2 aliphatic rings. The summed E-state index contributed by atoms with van der Waals surface area (Å²) in [6, 6.07) is 0. The van der Waals surface area contributed by atoms with Gasteiger partial charge in [-0.15, -0.1) is 11.3 Å². The number of hydrogen-bond acceptors (Lipinski definition) is 7. The van der Waals surface area contributed by atoms with Crippen LogP contribution in [-0.2, 0) is 0 Å². The molecule has 0 saturated carbocycles. The van der Waals surface area contributed by atoms with Crippen LogP contribution in [0.2, 0.25) is 0 Å². The fourth-order valence-electron chi connectivity index (χ4n) is 3.74. The number of carbonyl (C=O) groups excluding carboxylic acids is 1. The highest BCUT2D eigenvalue weighted by Crippen LogP contribution is 2.27. The SMILES string of the molecule is CSc1nc(C(=O)N2CC(CO)C(CN3CCCN(C)CC3)C2)cs1. The number of thioether (sulfide) groups is 1. The minimum atomic E-state index is 0.00750. The van der Waals surface area contributed by atoms with E-state index >= 15 is 0 Å². The summed E-state index contributed by atoms with van der Waals surface area (Å²) in [4.78, 5) is 23.9. The van der Waals surface area contributed by atoms with Gasteiger partial charge in [0.25, 0.3) is 5.91 Å². The van der Waals surface area contributed by atoms with Gasteiger partial charge >= 0.3 is 0 Å². The Morgan fingerprint density at radius 2 is 2.12 bits per heavy atom. The molecule has 2 aliphatic heterocycles. The van der Waals surface area contributed by atoms with E-state index in [0.29, 0.717) is 18.2 Å². The van der Waals surface area contributed by atoms with Crippen LogP contribution in [0.25, 0.3) is 0 Å². The Hall–Kier alpha value is -0.670. The monoisotopic (exact) mass is 384 g/mol. The Morgan fingerprint density at radius 3 is 2.84 bits per heavy atom. The number of rotatable bonds is 5. The normalized spacial score (nSPS) is 26.1. The molecule has 25 heavy (non-hydrogen) atoms. The van der Waals surface area contributed by atoms with E-state index in [-0.39, 0.29) is 18.4 Å². The molecule has 0 aliphatic carbocycles. The fourth-order valence-corrected chi connectivity index (χ4v) is 4.98. The highest BCUT2D eigenvalue weighted by molar-refractivity contribution is 8.00. The number of carbonyl (C=O) groups is 1. The molecule has 6 nitrogen and oxygen atoms in total. The predicted molar refractivity (Wildman–Crippen MR) is 102 cm³/mol. The summed E-state index contributed by atoms with van der Waals surface area (Å²) in [5.74, 6) is 0.521. The Morgan fingerprint density at radius 1 is 1.32 bits per heavy atom. The molecule has 2 fully saturated rings. The first kappa shape index (κ1) is 19.1. The van der Waals surface area contributed by atoms with Crippen molar-refractivity contribution < 1.29 is 9.90 Å². The van der Waals surface area contributed by atoms with Gasteiger partial charge in [0, 0.05) is 50.6 Å². The lowest BCUT2D eigenvalue weighted by molar-refractivity contribution is 0.0773. The largest absolute Gasteiger partial charge is 0.396 e. The van der Waals surface area contributed by atoms with Gasteiger partial charge in [0.2, 0.25) is 0 Å². The van der Waals surface area contributed by atoms with Gasteiger partial charge in [-0.3, -0.25) is 4.79 Å². The molecule has 2 unspecified atom stereocenters.